The quantitative estimate of drug-likeness (QED) is 0.437. The first-order valence-electron chi connectivity index (χ1n) is 11.7. The van der Waals surface area contributed by atoms with Crippen molar-refractivity contribution in [2.75, 3.05) is 37.4 Å². The monoisotopic (exact) mass is 444 g/mol. The summed E-state index contributed by atoms with van der Waals surface area (Å²) in [4.78, 5) is 7.36. The molecule has 6 heteroatoms. The molecule has 1 aromatic rings. The fourth-order valence-corrected chi connectivity index (χ4v) is 6.45. The third-order valence-electron chi connectivity index (χ3n) is 6.52. The summed E-state index contributed by atoms with van der Waals surface area (Å²) in [6.07, 6.45) is 7.94. The highest BCUT2D eigenvalue weighted by Crippen LogP contribution is 2.33. The summed E-state index contributed by atoms with van der Waals surface area (Å²) in [7, 11) is -0.0367. The zero-order chi connectivity index (χ0) is 22.1. The molecule has 1 saturated heterocycles. The molecule has 0 spiro atoms. The molecular weight excluding hydrogens is 400 g/mol. The van der Waals surface area contributed by atoms with E-state index in [2.05, 4.69) is 85.6 Å². The van der Waals surface area contributed by atoms with Crippen LogP contribution in [0.15, 0.2) is 24.5 Å². The predicted octanol–water partition coefficient (Wildman–Crippen LogP) is 5.29. The van der Waals surface area contributed by atoms with Crippen LogP contribution in [0.2, 0.25) is 51.4 Å². The average molecular weight is 445 g/mol. The standard InChI is InChI=1S/C24H44N4Si2/c1-26-12-13-28(19-26)22-8-11-27(18-22)23-16-20(9-14-29(2,3)4)24(25)21(17-23)10-15-30(5,6)7/h12-13,16-17,22H,8-11,14-15,18-19,25H2,1-7H3. The molecule has 2 N–H and O–H groups in total. The summed E-state index contributed by atoms with van der Waals surface area (Å²) in [5, 5.41) is 0. The van der Waals surface area contributed by atoms with Gasteiger partial charge in [-0.05, 0) is 42.5 Å². The number of benzene rings is 1. The first-order valence-corrected chi connectivity index (χ1v) is 19.1. The minimum absolute atomic E-state index is 0.611. The van der Waals surface area contributed by atoms with Gasteiger partial charge in [0.25, 0.3) is 0 Å². The molecule has 3 rings (SSSR count). The lowest BCUT2D eigenvalue weighted by Crippen LogP contribution is -2.35. The fourth-order valence-electron chi connectivity index (χ4n) is 4.41. The first-order chi connectivity index (χ1) is 13.9. The van der Waals surface area contributed by atoms with Crippen molar-refractivity contribution in [2.24, 2.45) is 0 Å². The molecule has 0 saturated carbocycles. The highest BCUT2D eigenvalue weighted by molar-refractivity contribution is 6.76. The molecule has 2 heterocycles. The molecule has 2 aliphatic heterocycles. The molecule has 2 aliphatic rings. The second-order valence-corrected chi connectivity index (χ2v) is 23.1. The lowest BCUT2D eigenvalue weighted by molar-refractivity contribution is 0.243. The summed E-state index contributed by atoms with van der Waals surface area (Å²) >= 11 is 0. The molecule has 1 unspecified atom stereocenters. The largest absolute Gasteiger partial charge is 0.398 e. The normalized spacial score (nSPS) is 20.0. The van der Waals surface area contributed by atoms with Gasteiger partial charge in [-0.15, -0.1) is 0 Å². The lowest BCUT2D eigenvalue weighted by atomic mass is 10.0. The Labute approximate surface area is 187 Å². The van der Waals surface area contributed by atoms with Crippen molar-refractivity contribution in [3.05, 3.63) is 35.7 Å². The summed E-state index contributed by atoms with van der Waals surface area (Å²) in [5.74, 6) is 0. The van der Waals surface area contributed by atoms with E-state index < -0.39 is 16.1 Å². The topological polar surface area (TPSA) is 35.7 Å². The first kappa shape index (κ1) is 23.3. The van der Waals surface area contributed by atoms with Crippen LogP contribution in [0.5, 0.6) is 0 Å². The van der Waals surface area contributed by atoms with E-state index in [-0.39, 0.29) is 0 Å². The molecule has 0 amide bonds. The van der Waals surface area contributed by atoms with Crippen molar-refractivity contribution in [2.45, 2.75) is 76.7 Å². The Balaban J connectivity index is 1.81. The maximum Gasteiger partial charge on any atom is 0.0894 e. The molecular formula is C24H44N4Si2. The van der Waals surface area contributed by atoms with Crippen molar-refractivity contribution < 1.29 is 0 Å². The second kappa shape index (κ2) is 8.99. The smallest absolute Gasteiger partial charge is 0.0894 e. The van der Waals surface area contributed by atoms with Gasteiger partial charge in [0.05, 0.1) is 6.67 Å². The molecule has 1 aromatic carbocycles. The van der Waals surface area contributed by atoms with E-state index >= 15 is 0 Å². The highest BCUT2D eigenvalue weighted by atomic mass is 28.3. The van der Waals surface area contributed by atoms with Crippen molar-refractivity contribution in [1.29, 1.82) is 0 Å². The number of nitrogens with zero attached hydrogens (tertiary/aromatic N) is 3. The van der Waals surface area contributed by atoms with E-state index in [1.807, 2.05) is 0 Å². The van der Waals surface area contributed by atoms with Crippen molar-refractivity contribution >= 4 is 27.5 Å². The van der Waals surface area contributed by atoms with Gasteiger partial charge in [0, 0.05) is 66.1 Å². The number of anilines is 2. The Morgan fingerprint density at radius 3 is 1.97 bits per heavy atom. The van der Waals surface area contributed by atoms with E-state index in [1.54, 1.807) is 0 Å². The Morgan fingerprint density at radius 1 is 0.933 bits per heavy atom. The predicted molar refractivity (Wildman–Crippen MR) is 139 cm³/mol. The molecule has 0 aliphatic carbocycles. The Hall–Kier alpha value is -1.41. The lowest BCUT2D eigenvalue weighted by Gasteiger charge is -2.27. The zero-order valence-electron chi connectivity index (χ0n) is 20.5. The van der Waals surface area contributed by atoms with Crippen molar-refractivity contribution in [1.82, 2.24) is 9.80 Å². The number of hydrogen-bond donors (Lipinski definition) is 1. The Kier molecular flexibility index (Phi) is 6.97. The van der Waals surface area contributed by atoms with Crippen LogP contribution in [0.3, 0.4) is 0 Å². The van der Waals surface area contributed by atoms with Gasteiger partial charge in [-0.25, -0.2) is 0 Å². The van der Waals surface area contributed by atoms with Gasteiger partial charge < -0.3 is 20.4 Å². The van der Waals surface area contributed by atoms with Gasteiger partial charge in [-0.1, -0.05) is 51.4 Å². The maximum atomic E-state index is 6.74. The minimum Gasteiger partial charge on any atom is -0.398 e. The highest BCUT2D eigenvalue weighted by Gasteiger charge is 2.29. The SMILES string of the molecule is CN1C=CN(C2CCN(c3cc(CC[Si](C)(C)C)c(N)c(CC[Si](C)(C)C)c3)C2)C1. The molecule has 1 atom stereocenters. The van der Waals surface area contributed by atoms with Gasteiger partial charge in [0.1, 0.15) is 0 Å². The van der Waals surface area contributed by atoms with Gasteiger partial charge in [0.15, 0.2) is 0 Å². The van der Waals surface area contributed by atoms with E-state index in [0.717, 1.165) is 38.3 Å². The number of nitrogen functional groups attached to an aromatic ring is 1. The maximum absolute atomic E-state index is 6.74. The Bertz CT molecular complexity index is 724. The second-order valence-electron chi connectivity index (χ2n) is 11.9. The van der Waals surface area contributed by atoms with Gasteiger partial charge >= 0.3 is 0 Å². The molecule has 4 nitrogen and oxygen atoms in total. The summed E-state index contributed by atoms with van der Waals surface area (Å²) in [6.45, 7) is 18.1. The number of aryl methyl sites for hydroxylation is 2. The average Bonchev–Trinajstić information content (AvgIpc) is 3.27. The third-order valence-corrected chi connectivity index (χ3v) is 10.0. The van der Waals surface area contributed by atoms with Crippen LogP contribution in [-0.2, 0) is 12.8 Å². The van der Waals surface area contributed by atoms with E-state index in [9.17, 15) is 0 Å². The Morgan fingerprint density at radius 2 is 1.50 bits per heavy atom. The molecule has 30 heavy (non-hydrogen) atoms. The molecule has 0 aromatic heterocycles. The van der Waals surface area contributed by atoms with Crippen LogP contribution < -0.4 is 10.6 Å². The molecule has 0 radical (unpaired) electrons. The minimum atomic E-state index is -1.09. The number of rotatable bonds is 8. The summed E-state index contributed by atoms with van der Waals surface area (Å²) in [6, 6.07) is 8.06. The number of nitrogens with two attached hydrogens (primary N) is 1. The van der Waals surface area contributed by atoms with Gasteiger partial charge in [0.2, 0.25) is 0 Å². The van der Waals surface area contributed by atoms with Crippen LogP contribution in [0.1, 0.15) is 17.5 Å². The van der Waals surface area contributed by atoms with Gasteiger partial charge in [-0.3, -0.25) is 0 Å². The third kappa shape index (κ3) is 6.30. The zero-order valence-corrected chi connectivity index (χ0v) is 22.5. The van der Waals surface area contributed by atoms with Crippen LogP contribution in [-0.4, -0.2) is 58.8 Å². The molecule has 0 bridgehead atoms. The van der Waals surface area contributed by atoms with Crippen LogP contribution in [0.25, 0.3) is 0 Å². The van der Waals surface area contributed by atoms with Crippen LogP contribution in [0, 0.1) is 0 Å². The van der Waals surface area contributed by atoms with Gasteiger partial charge in [-0.2, -0.15) is 0 Å². The van der Waals surface area contributed by atoms with Crippen molar-refractivity contribution in [3.8, 4) is 0 Å². The van der Waals surface area contributed by atoms with E-state index in [0.29, 0.717) is 6.04 Å². The fraction of sp³-hybridized carbons (Fsp3) is 0.667. The van der Waals surface area contributed by atoms with E-state index in [4.69, 9.17) is 5.73 Å². The number of hydrogen-bond acceptors (Lipinski definition) is 4. The molecule has 1 fully saturated rings. The van der Waals surface area contributed by atoms with Crippen LogP contribution >= 0.6 is 0 Å². The summed E-state index contributed by atoms with van der Waals surface area (Å²) < 4.78 is 0. The molecule has 168 valence electrons. The van der Waals surface area contributed by atoms with E-state index in [1.165, 1.54) is 35.3 Å². The summed E-state index contributed by atoms with van der Waals surface area (Å²) in [5.41, 5.74) is 12.0. The van der Waals surface area contributed by atoms with Crippen LogP contribution in [0.4, 0.5) is 11.4 Å². The van der Waals surface area contributed by atoms with Crippen molar-refractivity contribution in [3.63, 3.8) is 0 Å².